The van der Waals surface area contributed by atoms with Gasteiger partial charge in [0, 0.05) is 0 Å². The van der Waals surface area contributed by atoms with E-state index in [-0.39, 0.29) is 0 Å². The molecule has 0 aromatic carbocycles. The normalized spacial score (nSPS) is 30.9. The van der Waals surface area contributed by atoms with Crippen LogP contribution in [-0.4, -0.2) is 0 Å². The van der Waals surface area contributed by atoms with Gasteiger partial charge in [-0.25, -0.2) is 0 Å². The third-order valence-corrected chi connectivity index (χ3v) is 6.76. The first-order valence-corrected chi connectivity index (χ1v) is 11.2. The fourth-order valence-electron chi connectivity index (χ4n) is 4.95. The van der Waals surface area contributed by atoms with E-state index < -0.39 is 0 Å². The molecule has 2 saturated carbocycles. The van der Waals surface area contributed by atoms with Crippen molar-refractivity contribution in [3.63, 3.8) is 0 Å². The van der Waals surface area contributed by atoms with E-state index in [0.29, 0.717) is 0 Å². The first-order valence-electron chi connectivity index (χ1n) is 11.2. The highest BCUT2D eigenvalue weighted by atomic mass is 14.3. The fourth-order valence-corrected chi connectivity index (χ4v) is 4.95. The molecule has 2 aliphatic carbocycles. The zero-order chi connectivity index (χ0) is 17.7. The molecule has 0 heterocycles. The molecule has 0 amide bonds. The molecule has 0 aromatic heterocycles. The SMILES string of the molecule is C=CCC[C@H]1CC[C@H](/C=C/CC[C@H]2CC[C@H](CC/C=C/C)CC2)CC1. The standard InChI is InChI=1S/C25H42/c1-3-5-7-11-23-18-20-25(21-19-23)13-9-8-12-24-16-14-22(15-17-24)10-6-4-2/h3-5,8,12,22-25H,2,6-7,9-11,13-21H2,1H3/b5-3+,12-8+/t22-,23-,24-,25-. The van der Waals surface area contributed by atoms with Gasteiger partial charge in [0.1, 0.15) is 0 Å². The van der Waals surface area contributed by atoms with Crippen LogP contribution in [0.15, 0.2) is 37.0 Å². The van der Waals surface area contributed by atoms with E-state index in [4.69, 9.17) is 0 Å². The molecule has 0 radical (unpaired) electrons. The first-order chi connectivity index (χ1) is 12.3. The van der Waals surface area contributed by atoms with Crippen molar-refractivity contribution in [3.8, 4) is 0 Å². The molecular weight excluding hydrogens is 300 g/mol. The monoisotopic (exact) mass is 342 g/mol. The van der Waals surface area contributed by atoms with Gasteiger partial charge in [-0.15, -0.1) is 6.58 Å². The van der Waals surface area contributed by atoms with E-state index in [2.05, 4.69) is 43.9 Å². The fraction of sp³-hybridized carbons (Fsp3) is 0.760. The maximum absolute atomic E-state index is 3.86. The highest BCUT2D eigenvalue weighted by molar-refractivity contribution is 4.92. The Morgan fingerprint density at radius 2 is 1.16 bits per heavy atom. The lowest BCUT2D eigenvalue weighted by Gasteiger charge is -2.28. The van der Waals surface area contributed by atoms with Crippen LogP contribution in [0, 0.1) is 23.7 Å². The van der Waals surface area contributed by atoms with Crippen molar-refractivity contribution in [2.75, 3.05) is 0 Å². The Hall–Kier alpha value is -0.780. The van der Waals surface area contributed by atoms with Gasteiger partial charge in [-0.3, -0.25) is 0 Å². The maximum Gasteiger partial charge on any atom is -0.0233 e. The number of hydrogen-bond acceptors (Lipinski definition) is 0. The van der Waals surface area contributed by atoms with Gasteiger partial charge in [0.05, 0.1) is 0 Å². The van der Waals surface area contributed by atoms with Crippen LogP contribution in [-0.2, 0) is 0 Å². The Labute approximate surface area is 157 Å². The van der Waals surface area contributed by atoms with Crippen LogP contribution in [0.2, 0.25) is 0 Å². The summed E-state index contributed by atoms with van der Waals surface area (Å²) in [6.07, 6.45) is 31.5. The summed E-state index contributed by atoms with van der Waals surface area (Å²) < 4.78 is 0. The minimum absolute atomic E-state index is 0.877. The van der Waals surface area contributed by atoms with Crippen molar-refractivity contribution >= 4 is 0 Å². The van der Waals surface area contributed by atoms with Gasteiger partial charge in [0.15, 0.2) is 0 Å². The zero-order valence-electron chi connectivity index (χ0n) is 16.8. The van der Waals surface area contributed by atoms with Crippen LogP contribution in [0.5, 0.6) is 0 Å². The van der Waals surface area contributed by atoms with Crippen LogP contribution in [0.4, 0.5) is 0 Å². The summed E-state index contributed by atoms with van der Waals surface area (Å²) in [4.78, 5) is 0. The minimum Gasteiger partial charge on any atom is -0.103 e. The average Bonchev–Trinajstić information content (AvgIpc) is 2.66. The molecule has 2 fully saturated rings. The molecule has 0 saturated heterocycles. The van der Waals surface area contributed by atoms with Crippen LogP contribution in [0.25, 0.3) is 0 Å². The van der Waals surface area contributed by atoms with Gasteiger partial charge in [0.2, 0.25) is 0 Å². The molecule has 0 bridgehead atoms. The number of rotatable bonds is 10. The largest absolute Gasteiger partial charge is 0.103 e. The van der Waals surface area contributed by atoms with Crippen molar-refractivity contribution in [2.24, 2.45) is 23.7 Å². The van der Waals surface area contributed by atoms with Crippen molar-refractivity contribution in [3.05, 3.63) is 37.0 Å². The molecule has 0 heteroatoms. The Morgan fingerprint density at radius 3 is 1.68 bits per heavy atom. The molecular formula is C25H42. The average molecular weight is 343 g/mol. The van der Waals surface area contributed by atoms with E-state index in [1.54, 1.807) is 0 Å². The highest BCUT2D eigenvalue weighted by Gasteiger charge is 2.20. The highest BCUT2D eigenvalue weighted by Crippen LogP contribution is 2.35. The molecule has 0 aliphatic heterocycles. The van der Waals surface area contributed by atoms with Crippen molar-refractivity contribution in [1.29, 1.82) is 0 Å². The van der Waals surface area contributed by atoms with E-state index >= 15 is 0 Å². The van der Waals surface area contributed by atoms with Gasteiger partial charge in [0.25, 0.3) is 0 Å². The van der Waals surface area contributed by atoms with Crippen LogP contribution in [0.3, 0.4) is 0 Å². The van der Waals surface area contributed by atoms with Crippen molar-refractivity contribution in [2.45, 2.75) is 96.8 Å². The van der Waals surface area contributed by atoms with Crippen LogP contribution in [0.1, 0.15) is 96.8 Å². The molecule has 142 valence electrons. The second-order valence-electron chi connectivity index (χ2n) is 8.69. The predicted molar refractivity (Wildman–Crippen MR) is 113 cm³/mol. The number of hydrogen-bond donors (Lipinski definition) is 0. The lowest BCUT2D eigenvalue weighted by molar-refractivity contribution is 0.255. The van der Waals surface area contributed by atoms with Gasteiger partial charge in [-0.1, -0.05) is 56.1 Å². The molecule has 0 N–H and O–H groups in total. The van der Waals surface area contributed by atoms with Crippen molar-refractivity contribution in [1.82, 2.24) is 0 Å². The quantitative estimate of drug-likeness (QED) is 0.350. The van der Waals surface area contributed by atoms with Crippen LogP contribution < -0.4 is 0 Å². The third kappa shape index (κ3) is 8.43. The lowest BCUT2D eigenvalue weighted by atomic mass is 9.78. The topological polar surface area (TPSA) is 0 Å². The van der Waals surface area contributed by atoms with Gasteiger partial charge < -0.3 is 0 Å². The summed E-state index contributed by atoms with van der Waals surface area (Å²) in [5.74, 6) is 3.88. The second-order valence-corrected chi connectivity index (χ2v) is 8.69. The summed E-state index contributed by atoms with van der Waals surface area (Å²) in [5.41, 5.74) is 0. The minimum atomic E-state index is 0.877. The smallest absolute Gasteiger partial charge is 0.0233 e. The molecule has 0 nitrogen and oxygen atoms in total. The summed E-state index contributed by atoms with van der Waals surface area (Å²) in [5, 5.41) is 0. The molecule has 0 unspecified atom stereocenters. The van der Waals surface area contributed by atoms with E-state index in [0.717, 1.165) is 23.7 Å². The Bertz CT molecular complexity index is 386. The van der Waals surface area contributed by atoms with E-state index in [9.17, 15) is 0 Å². The summed E-state index contributed by atoms with van der Waals surface area (Å²) in [6.45, 7) is 5.99. The molecule has 0 atom stereocenters. The molecule has 25 heavy (non-hydrogen) atoms. The lowest BCUT2D eigenvalue weighted by Crippen LogP contribution is -2.14. The molecule has 2 rings (SSSR count). The number of allylic oxidation sites excluding steroid dienone is 5. The van der Waals surface area contributed by atoms with Gasteiger partial charge in [-0.2, -0.15) is 0 Å². The predicted octanol–water partition coefficient (Wildman–Crippen LogP) is 8.26. The molecule has 2 aliphatic rings. The first kappa shape index (κ1) is 20.5. The molecule has 0 spiro atoms. The van der Waals surface area contributed by atoms with E-state index in [1.807, 2.05) is 0 Å². The Morgan fingerprint density at radius 1 is 0.680 bits per heavy atom. The van der Waals surface area contributed by atoms with Crippen molar-refractivity contribution < 1.29 is 0 Å². The van der Waals surface area contributed by atoms with E-state index in [1.165, 1.54) is 89.9 Å². The maximum atomic E-state index is 3.86. The van der Waals surface area contributed by atoms with Crippen LogP contribution >= 0.6 is 0 Å². The summed E-state index contributed by atoms with van der Waals surface area (Å²) in [7, 11) is 0. The van der Waals surface area contributed by atoms with Gasteiger partial charge >= 0.3 is 0 Å². The zero-order valence-corrected chi connectivity index (χ0v) is 16.8. The summed E-state index contributed by atoms with van der Waals surface area (Å²) in [6, 6.07) is 0. The Kier molecular flexibility index (Phi) is 10.3. The third-order valence-electron chi connectivity index (χ3n) is 6.76. The second kappa shape index (κ2) is 12.6. The molecule has 0 aromatic rings. The van der Waals surface area contributed by atoms with Gasteiger partial charge in [-0.05, 0) is 94.8 Å². The summed E-state index contributed by atoms with van der Waals surface area (Å²) >= 11 is 0. The Balaban J connectivity index is 1.52.